The summed E-state index contributed by atoms with van der Waals surface area (Å²) < 4.78 is 12.9. The number of nitrogens with zero attached hydrogens (tertiary/aromatic N) is 5. The fraction of sp³-hybridized carbons (Fsp3) is 0.250. The number of hydrogen-bond acceptors (Lipinski definition) is 6. The molecule has 1 heterocycles. The average molecular weight is 344 g/mol. The van der Waals surface area contributed by atoms with Crippen molar-refractivity contribution in [1.82, 2.24) is 4.98 Å². The van der Waals surface area contributed by atoms with Crippen LogP contribution in [0.25, 0.3) is 0 Å². The Morgan fingerprint density at radius 1 is 1.32 bits per heavy atom. The summed E-state index contributed by atoms with van der Waals surface area (Å²) in [6, 6.07) is 8.47. The number of amidine groups is 1. The molecule has 0 saturated heterocycles. The molecule has 1 atom stereocenters. The predicted octanol–water partition coefficient (Wildman–Crippen LogP) is 4.68. The molecule has 0 fully saturated rings. The second-order valence-corrected chi connectivity index (χ2v) is 5.23. The first-order chi connectivity index (χ1) is 12.0. The van der Waals surface area contributed by atoms with Crippen molar-refractivity contribution in [1.29, 1.82) is 0 Å². The van der Waals surface area contributed by atoms with Crippen LogP contribution in [-0.4, -0.2) is 15.7 Å². The Labute approximate surface area is 143 Å². The summed E-state index contributed by atoms with van der Waals surface area (Å²) in [5.41, 5.74) is 3.30. The maximum atomic E-state index is 12.9. The van der Waals surface area contributed by atoms with Gasteiger partial charge in [-0.15, -0.1) is 10.2 Å². The van der Waals surface area contributed by atoms with Gasteiger partial charge in [0.05, 0.1) is 10.6 Å². The van der Waals surface area contributed by atoms with E-state index in [2.05, 4.69) is 25.7 Å². The highest BCUT2D eigenvalue weighted by molar-refractivity contribution is 5.85. The van der Waals surface area contributed by atoms with Crippen molar-refractivity contribution in [2.24, 2.45) is 21.2 Å². The normalized spacial score (nSPS) is 13.0. The van der Waals surface area contributed by atoms with Gasteiger partial charge in [-0.3, -0.25) is 15.5 Å². The SMILES string of the molecule is CCC(C)/C(N=Nc1ccc([N+](=O)[O-])cn1)=N/Nc1ccc(F)cc1. The number of benzene rings is 1. The van der Waals surface area contributed by atoms with Crippen LogP contribution in [0.5, 0.6) is 0 Å². The molecule has 0 aliphatic heterocycles. The Hall–Kier alpha value is -3.23. The lowest BCUT2D eigenvalue weighted by atomic mass is 10.1. The lowest BCUT2D eigenvalue weighted by Gasteiger charge is -2.08. The van der Waals surface area contributed by atoms with Crippen LogP contribution < -0.4 is 5.43 Å². The molecule has 8 nitrogen and oxygen atoms in total. The van der Waals surface area contributed by atoms with Gasteiger partial charge in [0.2, 0.25) is 0 Å². The Morgan fingerprint density at radius 3 is 2.60 bits per heavy atom. The lowest BCUT2D eigenvalue weighted by Crippen LogP contribution is -2.09. The molecule has 1 aromatic heterocycles. The second kappa shape index (κ2) is 8.57. The average Bonchev–Trinajstić information content (AvgIpc) is 2.63. The summed E-state index contributed by atoms with van der Waals surface area (Å²) in [5, 5.41) is 22.9. The fourth-order valence-corrected chi connectivity index (χ4v) is 1.71. The van der Waals surface area contributed by atoms with Gasteiger partial charge in [0, 0.05) is 12.0 Å². The first kappa shape index (κ1) is 18.1. The van der Waals surface area contributed by atoms with E-state index in [1.165, 1.54) is 24.3 Å². The van der Waals surface area contributed by atoms with E-state index < -0.39 is 4.92 Å². The van der Waals surface area contributed by atoms with Crippen LogP contribution in [-0.2, 0) is 0 Å². The molecule has 1 aromatic carbocycles. The third-order valence-electron chi connectivity index (χ3n) is 3.39. The van der Waals surface area contributed by atoms with Crippen molar-refractivity contribution in [3.05, 3.63) is 58.5 Å². The van der Waals surface area contributed by atoms with Gasteiger partial charge >= 0.3 is 0 Å². The minimum atomic E-state index is -0.535. The van der Waals surface area contributed by atoms with E-state index >= 15 is 0 Å². The summed E-state index contributed by atoms with van der Waals surface area (Å²) in [6.07, 6.45) is 1.90. The van der Waals surface area contributed by atoms with E-state index in [1.54, 1.807) is 12.1 Å². The minimum absolute atomic E-state index is 0.0229. The number of aromatic nitrogens is 1. The van der Waals surface area contributed by atoms with Gasteiger partial charge in [-0.25, -0.2) is 9.37 Å². The van der Waals surface area contributed by atoms with Gasteiger partial charge in [-0.1, -0.05) is 13.8 Å². The zero-order valence-electron chi connectivity index (χ0n) is 13.8. The van der Waals surface area contributed by atoms with E-state index in [9.17, 15) is 14.5 Å². The van der Waals surface area contributed by atoms with Gasteiger partial charge in [-0.05, 0) is 36.8 Å². The molecule has 0 radical (unpaired) electrons. The molecule has 0 bridgehead atoms. The molecular formula is C16H17FN6O2. The minimum Gasteiger partial charge on any atom is -0.277 e. The molecule has 9 heteroatoms. The van der Waals surface area contributed by atoms with Crippen LogP contribution in [0.1, 0.15) is 20.3 Å². The van der Waals surface area contributed by atoms with Crippen LogP contribution in [0, 0.1) is 21.8 Å². The third-order valence-corrected chi connectivity index (χ3v) is 3.39. The molecule has 0 amide bonds. The highest BCUT2D eigenvalue weighted by Crippen LogP contribution is 2.16. The first-order valence-corrected chi connectivity index (χ1v) is 7.61. The van der Waals surface area contributed by atoms with Crippen molar-refractivity contribution in [3.63, 3.8) is 0 Å². The Morgan fingerprint density at radius 2 is 2.04 bits per heavy atom. The molecule has 0 aliphatic rings. The number of pyridine rings is 1. The number of azo groups is 1. The van der Waals surface area contributed by atoms with E-state index in [0.29, 0.717) is 11.5 Å². The van der Waals surface area contributed by atoms with Gasteiger partial charge in [-0.2, -0.15) is 5.10 Å². The first-order valence-electron chi connectivity index (χ1n) is 7.61. The zero-order valence-corrected chi connectivity index (χ0v) is 13.8. The van der Waals surface area contributed by atoms with E-state index in [0.717, 1.165) is 12.6 Å². The maximum absolute atomic E-state index is 12.9. The lowest BCUT2D eigenvalue weighted by molar-refractivity contribution is -0.385. The molecule has 130 valence electrons. The van der Waals surface area contributed by atoms with Crippen molar-refractivity contribution >= 4 is 23.0 Å². The molecule has 1 N–H and O–H groups in total. The molecule has 0 spiro atoms. The number of halogens is 1. The third kappa shape index (κ3) is 5.41. The molecular weight excluding hydrogens is 327 g/mol. The van der Waals surface area contributed by atoms with Crippen molar-refractivity contribution in [2.45, 2.75) is 20.3 Å². The smallest absolute Gasteiger partial charge is 0.277 e. The van der Waals surface area contributed by atoms with E-state index in [4.69, 9.17) is 0 Å². The van der Waals surface area contributed by atoms with Crippen molar-refractivity contribution in [2.75, 3.05) is 5.43 Å². The molecule has 25 heavy (non-hydrogen) atoms. The van der Waals surface area contributed by atoms with Crippen LogP contribution in [0.4, 0.5) is 21.6 Å². The van der Waals surface area contributed by atoms with Gasteiger partial charge in [0.25, 0.3) is 5.69 Å². The van der Waals surface area contributed by atoms with Crippen LogP contribution in [0.2, 0.25) is 0 Å². The highest BCUT2D eigenvalue weighted by Gasteiger charge is 2.09. The number of anilines is 1. The summed E-state index contributed by atoms with van der Waals surface area (Å²) in [5.74, 6) is 0.366. The molecule has 1 unspecified atom stereocenters. The van der Waals surface area contributed by atoms with Crippen LogP contribution in [0.3, 0.4) is 0 Å². The van der Waals surface area contributed by atoms with Gasteiger partial charge in [0.1, 0.15) is 12.0 Å². The Balaban J connectivity index is 2.14. The summed E-state index contributed by atoms with van der Waals surface area (Å²) >= 11 is 0. The monoisotopic (exact) mass is 344 g/mol. The standard InChI is InChI=1S/C16H17FN6O2/c1-3-11(2)16(21-19-13-6-4-12(17)5-7-13)22-20-15-9-8-14(10-18-15)23(24)25/h4-11,19H,3H2,1-2H3/b21-16-,22-20?. The maximum Gasteiger partial charge on any atom is 0.287 e. The van der Waals surface area contributed by atoms with Crippen molar-refractivity contribution < 1.29 is 9.31 Å². The van der Waals surface area contributed by atoms with Crippen LogP contribution in [0.15, 0.2) is 57.9 Å². The van der Waals surface area contributed by atoms with Gasteiger partial charge < -0.3 is 0 Å². The van der Waals surface area contributed by atoms with Crippen LogP contribution >= 0.6 is 0 Å². The zero-order chi connectivity index (χ0) is 18.2. The topological polar surface area (TPSA) is 105 Å². The Bertz CT molecular complexity index is 774. The van der Waals surface area contributed by atoms with Gasteiger partial charge in [0.15, 0.2) is 11.7 Å². The summed E-state index contributed by atoms with van der Waals surface area (Å²) in [4.78, 5) is 13.9. The highest BCUT2D eigenvalue weighted by atomic mass is 19.1. The predicted molar refractivity (Wildman–Crippen MR) is 92.3 cm³/mol. The molecule has 0 aliphatic carbocycles. The summed E-state index contributed by atoms with van der Waals surface area (Å²) in [6.45, 7) is 3.92. The Kier molecular flexibility index (Phi) is 6.21. The molecule has 2 aromatic rings. The van der Waals surface area contributed by atoms with E-state index in [1.807, 2.05) is 13.8 Å². The largest absolute Gasteiger partial charge is 0.287 e. The molecule has 0 saturated carbocycles. The number of nitro groups is 1. The quantitative estimate of drug-likeness (QED) is 0.270. The van der Waals surface area contributed by atoms with Crippen molar-refractivity contribution in [3.8, 4) is 0 Å². The number of nitrogens with one attached hydrogen (secondary N) is 1. The fourth-order valence-electron chi connectivity index (χ4n) is 1.71. The number of rotatable bonds is 6. The van der Waals surface area contributed by atoms with E-state index in [-0.39, 0.29) is 23.2 Å². The second-order valence-electron chi connectivity index (χ2n) is 5.23. The molecule has 2 rings (SSSR count). The number of hydrazone groups is 1. The summed E-state index contributed by atoms with van der Waals surface area (Å²) in [7, 11) is 0. The number of hydrogen-bond donors (Lipinski definition) is 1.